The van der Waals surface area contributed by atoms with Crippen LogP contribution in [0.1, 0.15) is 0 Å². The Balaban J connectivity index is 3.00. The molecule has 2 nitrogen and oxygen atoms in total. The minimum absolute atomic E-state index is 0.142. The van der Waals surface area contributed by atoms with E-state index in [9.17, 15) is 4.79 Å². The third-order valence-electron chi connectivity index (χ3n) is 1.43. The fourth-order valence-corrected chi connectivity index (χ4v) is 1.46. The van der Waals surface area contributed by atoms with Crippen LogP contribution in [0.15, 0.2) is 12.1 Å². The van der Waals surface area contributed by atoms with Crippen LogP contribution >= 0.6 is 46.4 Å². The Morgan fingerprint density at radius 1 is 1.21 bits per heavy atom. The third kappa shape index (κ3) is 2.67. The highest BCUT2D eigenvalue weighted by molar-refractivity contribution is 6.49. The lowest BCUT2D eigenvalue weighted by atomic mass is 10.3. The molecule has 0 aliphatic rings. The number of benzene rings is 1. The molecule has 0 spiro atoms. The summed E-state index contributed by atoms with van der Waals surface area (Å²) < 4.78 is 0. The zero-order chi connectivity index (χ0) is 10.7. The van der Waals surface area contributed by atoms with Crippen molar-refractivity contribution in [1.82, 2.24) is 0 Å². The first-order valence-corrected chi connectivity index (χ1v) is 5.22. The first-order valence-electron chi connectivity index (χ1n) is 3.55. The highest BCUT2D eigenvalue weighted by atomic mass is 35.5. The molecule has 0 atom stereocenters. The summed E-state index contributed by atoms with van der Waals surface area (Å²) >= 11 is 22.6. The third-order valence-corrected chi connectivity index (χ3v) is 2.97. The van der Waals surface area contributed by atoms with E-state index in [1.54, 1.807) is 12.1 Å². The topological polar surface area (TPSA) is 29.1 Å². The molecule has 0 radical (unpaired) electrons. The Kier molecular flexibility index (Phi) is 4.32. The van der Waals surface area contributed by atoms with E-state index in [1.807, 2.05) is 0 Å². The average molecular weight is 273 g/mol. The molecule has 1 amide bonds. The lowest BCUT2D eigenvalue weighted by Crippen LogP contribution is -2.12. The molecule has 1 aromatic rings. The van der Waals surface area contributed by atoms with Gasteiger partial charge in [0, 0.05) is 0 Å². The normalized spacial score (nSPS) is 10.0. The fourth-order valence-electron chi connectivity index (χ4n) is 0.806. The summed E-state index contributed by atoms with van der Waals surface area (Å²) in [5.41, 5.74) is 0.395. The van der Waals surface area contributed by atoms with Gasteiger partial charge in [-0.3, -0.25) is 4.79 Å². The summed E-state index contributed by atoms with van der Waals surface area (Å²) in [6.07, 6.45) is 0. The SMILES string of the molecule is O=C(CCl)Nc1ccc(Cl)c(Cl)c1Cl. The number of nitrogens with one attached hydrogen (secondary N) is 1. The average Bonchev–Trinajstić information content (AvgIpc) is 2.19. The Morgan fingerprint density at radius 2 is 1.86 bits per heavy atom. The molecule has 0 saturated heterocycles. The van der Waals surface area contributed by atoms with Crippen LogP contribution in [0.2, 0.25) is 15.1 Å². The van der Waals surface area contributed by atoms with E-state index in [2.05, 4.69) is 5.32 Å². The van der Waals surface area contributed by atoms with Gasteiger partial charge in [0.2, 0.25) is 5.91 Å². The smallest absolute Gasteiger partial charge is 0.239 e. The molecule has 76 valence electrons. The van der Waals surface area contributed by atoms with Crippen LogP contribution in [-0.4, -0.2) is 11.8 Å². The Morgan fingerprint density at radius 3 is 2.43 bits per heavy atom. The van der Waals surface area contributed by atoms with Crippen molar-refractivity contribution in [2.75, 3.05) is 11.2 Å². The molecular weight excluding hydrogens is 268 g/mol. The Labute approximate surface area is 101 Å². The highest BCUT2D eigenvalue weighted by Crippen LogP contribution is 2.35. The molecule has 0 aromatic heterocycles. The first-order chi connectivity index (χ1) is 6.56. The number of rotatable bonds is 2. The van der Waals surface area contributed by atoms with E-state index in [0.29, 0.717) is 10.7 Å². The standard InChI is InChI=1S/C8H5Cl4NO/c9-3-6(14)13-5-2-1-4(10)7(11)8(5)12/h1-2H,3H2,(H,13,14). The highest BCUT2D eigenvalue weighted by Gasteiger charge is 2.10. The van der Waals surface area contributed by atoms with Gasteiger partial charge in [0.25, 0.3) is 0 Å². The second-order valence-corrected chi connectivity index (χ2v) is 3.84. The van der Waals surface area contributed by atoms with Crippen molar-refractivity contribution in [1.29, 1.82) is 0 Å². The second-order valence-electron chi connectivity index (χ2n) is 2.40. The molecule has 1 aromatic carbocycles. The van der Waals surface area contributed by atoms with E-state index in [0.717, 1.165) is 0 Å². The fraction of sp³-hybridized carbons (Fsp3) is 0.125. The van der Waals surface area contributed by atoms with Gasteiger partial charge in [-0.1, -0.05) is 34.8 Å². The van der Waals surface area contributed by atoms with Crippen molar-refractivity contribution in [3.63, 3.8) is 0 Å². The summed E-state index contributed by atoms with van der Waals surface area (Å²) in [6, 6.07) is 3.10. The van der Waals surface area contributed by atoms with Gasteiger partial charge in [-0.25, -0.2) is 0 Å². The van der Waals surface area contributed by atoms with Gasteiger partial charge in [0.05, 0.1) is 20.8 Å². The predicted octanol–water partition coefficient (Wildman–Crippen LogP) is 3.82. The van der Waals surface area contributed by atoms with Crippen LogP contribution in [-0.2, 0) is 4.79 Å². The van der Waals surface area contributed by atoms with Crippen LogP contribution < -0.4 is 5.32 Å². The summed E-state index contributed by atoms with van der Waals surface area (Å²) in [5, 5.41) is 3.23. The summed E-state index contributed by atoms with van der Waals surface area (Å²) in [7, 11) is 0. The van der Waals surface area contributed by atoms with Gasteiger partial charge < -0.3 is 5.32 Å². The Hall–Kier alpha value is -0.150. The minimum atomic E-state index is -0.355. The lowest BCUT2D eigenvalue weighted by Gasteiger charge is -2.07. The van der Waals surface area contributed by atoms with Crippen molar-refractivity contribution in [3.05, 3.63) is 27.2 Å². The van der Waals surface area contributed by atoms with E-state index in [-0.39, 0.29) is 21.8 Å². The Bertz CT molecular complexity index is 367. The van der Waals surface area contributed by atoms with Crippen LogP contribution in [0.3, 0.4) is 0 Å². The first kappa shape index (κ1) is 11.9. The second kappa shape index (κ2) is 5.08. The largest absolute Gasteiger partial charge is 0.324 e. The number of hydrogen-bond acceptors (Lipinski definition) is 1. The van der Waals surface area contributed by atoms with Gasteiger partial charge >= 0.3 is 0 Å². The summed E-state index contributed by atoms with van der Waals surface area (Å²) in [5.74, 6) is -0.497. The lowest BCUT2D eigenvalue weighted by molar-refractivity contribution is -0.113. The number of alkyl halides is 1. The summed E-state index contributed by atoms with van der Waals surface area (Å²) in [4.78, 5) is 11.0. The van der Waals surface area contributed by atoms with Crippen molar-refractivity contribution in [2.45, 2.75) is 0 Å². The van der Waals surface area contributed by atoms with E-state index < -0.39 is 0 Å². The molecule has 0 heterocycles. The zero-order valence-electron chi connectivity index (χ0n) is 6.78. The van der Waals surface area contributed by atoms with E-state index >= 15 is 0 Å². The number of anilines is 1. The molecule has 0 bridgehead atoms. The van der Waals surface area contributed by atoms with Gasteiger partial charge in [-0.05, 0) is 12.1 Å². The molecule has 0 saturated carbocycles. The van der Waals surface area contributed by atoms with Crippen LogP contribution in [0.5, 0.6) is 0 Å². The van der Waals surface area contributed by atoms with Gasteiger partial charge in [-0.2, -0.15) is 0 Å². The molecule has 14 heavy (non-hydrogen) atoms. The zero-order valence-corrected chi connectivity index (χ0v) is 9.81. The molecule has 1 rings (SSSR count). The van der Waals surface area contributed by atoms with Crippen molar-refractivity contribution in [2.24, 2.45) is 0 Å². The number of carbonyl (C=O) groups is 1. The predicted molar refractivity (Wildman–Crippen MR) is 60.8 cm³/mol. The maximum absolute atomic E-state index is 11.0. The molecule has 1 N–H and O–H groups in total. The van der Waals surface area contributed by atoms with E-state index in [4.69, 9.17) is 46.4 Å². The van der Waals surface area contributed by atoms with Gasteiger partial charge in [0.1, 0.15) is 5.88 Å². The molecule has 0 aliphatic heterocycles. The number of amides is 1. The van der Waals surface area contributed by atoms with Crippen molar-refractivity contribution in [3.8, 4) is 0 Å². The quantitative estimate of drug-likeness (QED) is 0.644. The molecule has 6 heteroatoms. The molecule has 0 aliphatic carbocycles. The maximum atomic E-state index is 11.0. The van der Waals surface area contributed by atoms with E-state index in [1.165, 1.54) is 0 Å². The van der Waals surface area contributed by atoms with Crippen LogP contribution in [0.4, 0.5) is 5.69 Å². The van der Waals surface area contributed by atoms with Crippen molar-refractivity contribution < 1.29 is 4.79 Å². The summed E-state index contributed by atoms with van der Waals surface area (Å²) in [6.45, 7) is 0. The molecule has 0 unspecified atom stereocenters. The van der Waals surface area contributed by atoms with Crippen LogP contribution in [0, 0.1) is 0 Å². The van der Waals surface area contributed by atoms with Crippen LogP contribution in [0.25, 0.3) is 0 Å². The number of carbonyl (C=O) groups excluding carboxylic acids is 1. The number of halogens is 4. The van der Waals surface area contributed by atoms with Gasteiger partial charge in [-0.15, -0.1) is 11.6 Å². The van der Waals surface area contributed by atoms with Gasteiger partial charge in [0.15, 0.2) is 0 Å². The molecular formula is C8H5Cl4NO. The molecule has 0 fully saturated rings. The monoisotopic (exact) mass is 271 g/mol. The minimum Gasteiger partial charge on any atom is -0.324 e. The maximum Gasteiger partial charge on any atom is 0.239 e. The van der Waals surface area contributed by atoms with Crippen molar-refractivity contribution >= 4 is 58.0 Å². The number of hydrogen-bond donors (Lipinski definition) is 1.